The van der Waals surface area contributed by atoms with Crippen LogP contribution in [0.3, 0.4) is 0 Å². The maximum atomic E-state index is 13.2. The highest BCUT2D eigenvalue weighted by Crippen LogP contribution is 2.36. The second kappa shape index (κ2) is 10.2. The van der Waals surface area contributed by atoms with Crippen LogP contribution in [0, 0.1) is 0 Å². The third-order valence-corrected chi connectivity index (χ3v) is 8.34. The van der Waals surface area contributed by atoms with Crippen LogP contribution in [-0.2, 0) is 22.7 Å². The van der Waals surface area contributed by atoms with Crippen LogP contribution < -0.4 is 4.74 Å². The zero-order valence-electron chi connectivity index (χ0n) is 21.2. The molecule has 3 aliphatic rings. The van der Waals surface area contributed by atoms with Gasteiger partial charge < -0.3 is 14.1 Å². The van der Waals surface area contributed by atoms with Gasteiger partial charge in [0.2, 0.25) is 0 Å². The first-order chi connectivity index (χ1) is 18.1. The Hall–Kier alpha value is -3.41. The summed E-state index contributed by atoms with van der Waals surface area (Å²) < 4.78 is 12.2. The van der Waals surface area contributed by atoms with Crippen molar-refractivity contribution >= 4 is 28.4 Å². The summed E-state index contributed by atoms with van der Waals surface area (Å²) in [5.74, 6) is 1.90. The summed E-state index contributed by atoms with van der Waals surface area (Å²) in [6.07, 6.45) is 9.05. The zero-order chi connectivity index (χ0) is 25.4. The summed E-state index contributed by atoms with van der Waals surface area (Å²) in [6.45, 7) is 0.578. The molecule has 2 aliphatic carbocycles. The number of furan rings is 1. The van der Waals surface area contributed by atoms with Gasteiger partial charge in [0.1, 0.15) is 29.5 Å². The average Bonchev–Trinajstić information content (AvgIpc) is 3.26. The Morgan fingerprint density at radius 2 is 1.73 bits per heavy atom. The van der Waals surface area contributed by atoms with Gasteiger partial charge in [-0.15, -0.1) is 0 Å². The Morgan fingerprint density at radius 3 is 2.57 bits per heavy atom. The fraction of sp³-hybridized carbons (Fsp3) is 0.452. The highest BCUT2D eigenvalue weighted by molar-refractivity contribution is 6.03. The predicted molar refractivity (Wildman–Crippen MR) is 140 cm³/mol. The summed E-state index contributed by atoms with van der Waals surface area (Å²) in [7, 11) is 0. The number of hydrogen-bond donors (Lipinski definition) is 0. The number of ketones is 2. The Balaban J connectivity index is 1.17. The van der Waals surface area contributed by atoms with Crippen LogP contribution in [0.4, 0.5) is 0 Å². The van der Waals surface area contributed by atoms with Crippen molar-refractivity contribution in [2.45, 2.75) is 89.3 Å². The molecule has 6 heteroatoms. The molecule has 6 rings (SSSR count). The highest BCUT2D eigenvalue weighted by Gasteiger charge is 2.38. The molecule has 192 valence electrons. The minimum Gasteiger partial charge on any atom is -0.485 e. The number of rotatable bonds is 5. The molecule has 0 saturated heterocycles. The van der Waals surface area contributed by atoms with E-state index in [0.29, 0.717) is 36.6 Å². The lowest BCUT2D eigenvalue weighted by Gasteiger charge is -2.25. The third-order valence-electron chi connectivity index (χ3n) is 8.34. The van der Waals surface area contributed by atoms with Gasteiger partial charge in [-0.2, -0.15) is 0 Å². The number of carbonyl (C=O) groups excluding carboxylic acids is 3. The topological polar surface area (TPSA) is 76.8 Å². The van der Waals surface area contributed by atoms with E-state index >= 15 is 0 Å². The smallest absolute Gasteiger partial charge is 0.255 e. The van der Waals surface area contributed by atoms with Gasteiger partial charge in [-0.1, -0.05) is 37.8 Å². The maximum absolute atomic E-state index is 13.2. The van der Waals surface area contributed by atoms with Crippen LogP contribution in [-0.4, -0.2) is 28.4 Å². The number of amides is 1. The van der Waals surface area contributed by atoms with Crippen molar-refractivity contribution < 1.29 is 23.5 Å². The molecule has 2 aromatic carbocycles. The van der Waals surface area contributed by atoms with Gasteiger partial charge in [-0.25, -0.2) is 0 Å². The first-order valence-corrected chi connectivity index (χ1v) is 13.7. The number of ether oxygens (including phenoxy) is 1. The lowest BCUT2D eigenvalue weighted by atomic mass is 9.91. The Labute approximate surface area is 217 Å². The van der Waals surface area contributed by atoms with Crippen molar-refractivity contribution in [3.8, 4) is 5.75 Å². The maximum Gasteiger partial charge on any atom is 0.255 e. The van der Waals surface area contributed by atoms with Crippen LogP contribution in [0.15, 0.2) is 46.9 Å². The second-order valence-electron chi connectivity index (χ2n) is 10.8. The first-order valence-electron chi connectivity index (χ1n) is 13.7. The average molecular weight is 500 g/mol. The predicted octanol–water partition coefficient (Wildman–Crippen LogP) is 6.49. The minimum absolute atomic E-state index is 0.0278. The van der Waals surface area contributed by atoms with Gasteiger partial charge in [-0.05, 0) is 61.1 Å². The molecule has 0 bridgehead atoms. The number of hydrogen-bond acceptors (Lipinski definition) is 5. The molecule has 1 atom stereocenters. The molecular weight excluding hydrogens is 466 g/mol. The molecule has 1 unspecified atom stereocenters. The molecule has 0 radical (unpaired) electrons. The molecule has 1 aromatic heterocycles. The lowest BCUT2D eigenvalue weighted by molar-refractivity contribution is -0.124. The summed E-state index contributed by atoms with van der Waals surface area (Å²) >= 11 is 0. The molecule has 2 saturated carbocycles. The highest BCUT2D eigenvalue weighted by atomic mass is 16.5. The molecule has 3 aromatic rings. The van der Waals surface area contributed by atoms with Crippen molar-refractivity contribution in [3.63, 3.8) is 0 Å². The van der Waals surface area contributed by atoms with Gasteiger partial charge in [0.05, 0.1) is 12.6 Å². The largest absolute Gasteiger partial charge is 0.485 e. The Morgan fingerprint density at radius 1 is 0.892 bits per heavy atom. The van der Waals surface area contributed by atoms with E-state index in [-0.39, 0.29) is 36.9 Å². The fourth-order valence-electron chi connectivity index (χ4n) is 6.26. The summed E-state index contributed by atoms with van der Waals surface area (Å²) in [5.41, 5.74) is 3.62. The van der Waals surface area contributed by atoms with Gasteiger partial charge in [0, 0.05) is 35.8 Å². The van der Waals surface area contributed by atoms with E-state index in [1.807, 2.05) is 12.1 Å². The summed E-state index contributed by atoms with van der Waals surface area (Å²) in [6, 6.07) is 13.5. The van der Waals surface area contributed by atoms with Crippen LogP contribution in [0.2, 0.25) is 0 Å². The van der Waals surface area contributed by atoms with Crippen LogP contribution in [0.25, 0.3) is 11.0 Å². The summed E-state index contributed by atoms with van der Waals surface area (Å²) in [5, 5.41) is 1.10. The first kappa shape index (κ1) is 24.0. The Kier molecular flexibility index (Phi) is 6.58. The van der Waals surface area contributed by atoms with Crippen LogP contribution in [0.1, 0.15) is 97.4 Å². The SMILES string of the molecule is O=C1CCC(=O)C(N2Cc3c(OCc4cc5cc(C6CCCCCC6)ccc5o4)cccc3C2=O)CC1. The number of carbonyl (C=O) groups is 3. The van der Waals surface area contributed by atoms with Crippen molar-refractivity contribution in [1.29, 1.82) is 0 Å². The van der Waals surface area contributed by atoms with Gasteiger partial charge in [0.15, 0.2) is 5.78 Å². The quantitative estimate of drug-likeness (QED) is 0.375. The molecule has 2 heterocycles. The lowest BCUT2D eigenvalue weighted by Crippen LogP contribution is -2.40. The number of Topliss-reactive ketones (excluding diaryl/α,β-unsaturated/α-hetero) is 2. The van der Waals surface area contributed by atoms with Crippen molar-refractivity contribution in [3.05, 3.63) is 64.9 Å². The van der Waals surface area contributed by atoms with E-state index in [1.165, 1.54) is 44.1 Å². The molecule has 2 fully saturated rings. The van der Waals surface area contributed by atoms with Crippen molar-refractivity contribution in [1.82, 2.24) is 4.90 Å². The number of nitrogens with zero attached hydrogens (tertiary/aromatic N) is 1. The van der Waals surface area contributed by atoms with E-state index in [9.17, 15) is 14.4 Å². The van der Waals surface area contributed by atoms with Crippen molar-refractivity contribution in [2.75, 3.05) is 0 Å². The molecule has 1 amide bonds. The van der Waals surface area contributed by atoms with Gasteiger partial charge in [-0.3, -0.25) is 14.4 Å². The van der Waals surface area contributed by atoms with E-state index < -0.39 is 6.04 Å². The fourth-order valence-corrected chi connectivity index (χ4v) is 6.26. The second-order valence-corrected chi connectivity index (χ2v) is 10.8. The number of fused-ring (bicyclic) bond motifs is 2. The standard InChI is InChI=1S/C31H33NO5/c33-23-11-13-27(28(34)14-12-23)32-18-26-25(31(32)35)8-5-9-30(26)36-19-24-17-22-16-21(10-15-29(22)37-24)20-6-3-1-2-4-7-20/h5,8-10,15-17,20,27H,1-4,6-7,11-14,18-19H2. The molecule has 6 nitrogen and oxygen atoms in total. The monoisotopic (exact) mass is 499 g/mol. The molecule has 0 spiro atoms. The zero-order valence-corrected chi connectivity index (χ0v) is 21.2. The molecule has 1 aliphatic heterocycles. The Bertz CT molecular complexity index is 1350. The third kappa shape index (κ3) is 4.81. The van der Waals surface area contributed by atoms with E-state index in [1.54, 1.807) is 11.0 Å². The van der Waals surface area contributed by atoms with E-state index in [4.69, 9.17) is 9.15 Å². The molecule has 37 heavy (non-hydrogen) atoms. The number of benzene rings is 2. The van der Waals surface area contributed by atoms with Gasteiger partial charge >= 0.3 is 0 Å². The van der Waals surface area contributed by atoms with Crippen LogP contribution in [0.5, 0.6) is 5.75 Å². The molecular formula is C31H33NO5. The normalized spacial score (nSPS) is 21.2. The van der Waals surface area contributed by atoms with Crippen molar-refractivity contribution in [2.24, 2.45) is 0 Å². The van der Waals surface area contributed by atoms with E-state index in [0.717, 1.165) is 22.3 Å². The molecule has 0 N–H and O–H groups in total. The van der Waals surface area contributed by atoms with E-state index in [2.05, 4.69) is 24.3 Å². The van der Waals surface area contributed by atoms with Gasteiger partial charge in [0.25, 0.3) is 5.91 Å². The minimum atomic E-state index is -0.544. The summed E-state index contributed by atoms with van der Waals surface area (Å²) in [4.78, 5) is 39.3. The van der Waals surface area contributed by atoms with Crippen LogP contribution >= 0.6 is 0 Å².